The van der Waals surface area contributed by atoms with Gasteiger partial charge in [0, 0.05) is 6.04 Å². The number of methoxy groups -OCH3 is 1. The maximum atomic E-state index is 5.83. The Balaban J connectivity index is 2.86. The molecule has 3 N–H and O–H groups in total. The Morgan fingerprint density at radius 1 is 1.33 bits per heavy atom. The maximum absolute atomic E-state index is 5.83. The van der Waals surface area contributed by atoms with Gasteiger partial charge in [-0.25, -0.2) is 4.98 Å². The highest BCUT2D eigenvalue weighted by Crippen LogP contribution is 2.25. The third-order valence-electron chi connectivity index (χ3n) is 2.41. The second-order valence-electron chi connectivity index (χ2n) is 3.82. The number of aromatic nitrogens is 2. The van der Waals surface area contributed by atoms with E-state index >= 15 is 0 Å². The Hall–Kier alpha value is -1.52. The van der Waals surface area contributed by atoms with Crippen LogP contribution in [-0.4, -0.2) is 23.1 Å². The van der Waals surface area contributed by atoms with Gasteiger partial charge in [0.15, 0.2) is 5.82 Å². The van der Waals surface area contributed by atoms with Crippen molar-refractivity contribution in [3.8, 4) is 5.88 Å². The molecule has 0 aliphatic heterocycles. The van der Waals surface area contributed by atoms with Crippen LogP contribution in [0, 0.1) is 5.92 Å². The molecule has 5 nitrogen and oxygen atoms in total. The third-order valence-corrected chi connectivity index (χ3v) is 2.41. The molecule has 0 aromatic carbocycles. The van der Waals surface area contributed by atoms with Gasteiger partial charge in [-0.15, -0.1) is 0 Å². The molecule has 1 aromatic heterocycles. The Morgan fingerprint density at radius 2 is 2.00 bits per heavy atom. The molecule has 0 radical (unpaired) electrons. The molecule has 0 aliphatic rings. The lowest BCUT2D eigenvalue weighted by Crippen LogP contribution is -2.23. The topological polar surface area (TPSA) is 73.1 Å². The highest BCUT2D eigenvalue weighted by atomic mass is 16.5. The molecule has 1 rings (SSSR count). The minimum Gasteiger partial charge on any atom is -0.479 e. The van der Waals surface area contributed by atoms with Crippen LogP contribution < -0.4 is 15.8 Å². The molecule has 1 atom stereocenters. The number of nitrogens with two attached hydrogens (primary N) is 1. The first-order valence-electron chi connectivity index (χ1n) is 4.97. The van der Waals surface area contributed by atoms with Crippen molar-refractivity contribution in [2.45, 2.75) is 26.8 Å². The smallest absolute Gasteiger partial charge is 0.242 e. The molecule has 1 unspecified atom stereocenters. The fraction of sp³-hybridized carbons (Fsp3) is 0.600. The van der Waals surface area contributed by atoms with Gasteiger partial charge in [0.25, 0.3) is 0 Å². The first kappa shape index (κ1) is 11.6. The van der Waals surface area contributed by atoms with Crippen molar-refractivity contribution in [1.82, 2.24) is 9.97 Å². The van der Waals surface area contributed by atoms with Crippen LogP contribution in [0.3, 0.4) is 0 Å². The fourth-order valence-corrected chi connectivity index (χ4v) is 1.04. The lowest BCUT2D eigenvalue weighted by molar-refractivity contribution is 0.399. The summed E-state index contributed by atoms with van der Waals surface area (Å²) in [6.45, 7) is 6.34. The molecule has 0 bridgehead atoms. The van der Waals surface area contributed by atoms with Crippen molar-refractivity contribution in [3.05, 3.63) is 6.33 Å². The van der Waals surface area contributed by atoms with Crippen LogP contribution in [0.25, 0.3) is 0 Å². The Bertz CT molecular complexity index is 327. The number of hydrogen-bond acceptors (Lipinski definition) is 5. The van der Waals surface area contributed by atoms with E-state index in [9.17, 15) is 0 Å². The van der Waals surface area contributed by atoms with Crippen LogP contribution in [-0.2, 0) is 0 Å². The third kappa shape index (κ3) is 2.71. The fourth-order valence-electron chi connectivity index (χ4n) is 1.04. The molecule has 0 aliphatic carbocycles. The van der Waals surface area contributed by atoms with Gasteiger partial charge in [0.2, 0.25) is 5.88 Å². The predicted molar refractivity (Wildman–Crippen MR) is 60.9 cm³/mol. The minimum atomic E-state index is 0.298. The molecule has 5 heteroatoms. The average Bonchev–Trinajstić information content (AvgIpc) is 2.21. The maximum Gasteiger partial charge on any atom is 0.242 e. The minimum absolute atomic E-state index is 0.298. The highest BCUT2D eigenvalue weighted by molar-refractivity contribution is 5.66. The number of anilines is 2. The Kier molecular flexibility index (Phi) is 3.71. The number of hydrogen-bond donors (Lipinski definition) is 2. The summed E-state index contributed by atoms with van der Waals surface area (Å²) in [5, 5.41) is 3.23. The lowest BCUT2D eigenvalue weighted by Gasteiger charge is -2.19. The number of nitrogen functional groups attached to an aromatic ring is 1. The molecule has 0 spiro atoms. The van der Waals surface area contributed by atoms with Crippen molar-refractivity contribution >= 4 is 11.5 Å². The van der Waals surface area contributed by atoms with Crippen LogP contribution >= 0.6 is 0 Å². The second-order valence-corrected chi connectivity index (χ2v) is 3.82. The molecule has 0 saturated carbocycles. The van der Waals surface area contributed by atoms with Crippen LogP contribution in [0.2, 0.25) is 0 Å². The van der Waals surface area contributed by atoms with Crippen LogP contribution in [0.15, 0.2) is 6.33 Å². The SMILES string of the molecule is COc1ncnc(NC(C)C(C)C)c1N. The highest BCUT2D eigenvalue weighted by Gasteiger charge is 2.12. The summed E-state index contributed by atoms with van der Waals surface area (Å²) < 4.78 is 5.01. The number of rotatable bonds is 4. The van der Waals surface area contributed by atoms with Gasteiger partial charge >= 0.3 is 0 Å². The Labute approximate surface area is 90.1 Å². The van der Waals surface area contributed by atoms with Crippen LogP contribution in [0.5, 0.6) is 5.88 Å². The van der Waals surface area contributed by atoms with Gasteiger partial charge in [-0.3, -0.25) is 0 Å². The number of ether oxygens (including phenoxy) is 1. The monoisotopic (exact) mass is 210 g/mol. The zero-order chi connectivity index (χ0) is 11.4. The first-order chi connectivity index (χ1) is 7.06. The molecular weight excluding hydrogens is 192 g/mol. The van der Waals surface area contributed by atoms with Crippen molar-refractivity contribution in [2.75, 3.05) is 18.2 Å². The van der Waals surface area contributed by atoms with E-state index in [1.807, 2.05) is 0 Å². The standard InChI is InChI=1S/C10H18N4O/c1-6(2)7(3)14-9-8(11)10(15-4)13-5-12-9/h5-7H,11H2,1-4H3,(H,12,13,14). The molecule has 1 heterocycles. The molecule has 0 saturated heterocycles. The van der Waals surface area contributed by atoms with Gasteiger partial charge in [-0.05, 0) is 12.8 Å². The summed E-state index contributed by atoms with van der Waals surface area (Å²) in [7, 11) is 1.54. The molecule has 15 heavy (non-hydrogen) atoms. The van der Waals surface area contributed by atoms with Gasteiger partial charge in [0.1, 0.15) is 12.0 Å². The zero-order valence-electron chi connectivity index (χ0n) is 9.61. The van der Waals surface area contributed by atoms with Crippen LogP contribution in [0.4, 0.5) is 11.5 Å². The second kappa shape index (κ2) is 4.82. The van der Waals surface area contributed by atoms with E-state index in [2.05, 4.69) is 36.1 Å². The van der Waals surface area contributed by atoms with E-state index in [0.29, 0.717) is 29.3 Å². The summed E-state index contributed by atoms with van der Waals surface area (Å²) in [5.41, 5.74) is 6.28. The van der Waals surface area contributed by atoms with E-state index < -0.39 is 0 Å². The van der Waals surface area contributed by atoms with Gasteiger partial charge < -0.3 is 15.8 Å². The van der Waals surface area contributed by atoms with Crippen molar-refractivity contribution in [3.63, 3.8) is 0 Å². The quantitative estimate of drug-likeness (QED) is 0.788. The molecule has 0 fully saturated rings. The average molecular weight is 210 g/mol. The molecule has 84 valence electrons. The largest absolute Gasteiger partial charge is 0.479 e. The number of nitrogens with one attached hydrogen (secondary N) is 1. The van der Waals surface area contributed by atoms with E-state index in [1.54, 1.807) is 0 Å². The summed E-state index contributed by atoms with van der Waals surface area (Å²) in [6.07, 6.45) is 1.44. The number of nitrogens with zero attached hydrogens (tertiary/aromatic N) is 2. The van der Waals surface area contributed by atoms with Crippen molar-refractivity contribution in [1.29, 1.82) is 0 Å². The summed E-state index contributed by atoms with van der Waals surface area (Å²) >= 11 is 0. The molecule has 1 aromatic rings. The zero-order valence-corrected chi connectivity index (χ0v) is 9.61. The van der Waals surface area contributed by atoms with Crippen molar-refractivity contribution < 1.29 is 4.74 Å². The molecular formula is C10H18N4O. The lowest BCUT2D eigenvalue weighted by atomic mass is 10.1. The summed E-state index contributed by atoms with van der Waals surface area (Å²) in [5.74, 6) is 1.54. The van der Waals surface area contributed by atoms with E-state index in [1.165, 1.54) is 13.4 Å². The predicted octanol–water partition coefficient (Wildman–Crippen LogP) is 1.52. The first-order valence-corrected chi connectivity index (χ1v) is 4.97. The normalized spacial score (nSPS) is 12.6. The Morgan fingerprint density at radius 3 is 2.53 bits per heavy atom. The van der Waals surface area contributed by atoms with E-state index in [-0.39, 0.29) is 0 Å². The van der Waals surface area contributed by atoms with Crippen LogP contribution in [0.1, 0.15) is 20.8 Å². The molecule has 0 amide bonds. The van der Waals surface area contributed by atoms with Gasteiger partial charge in [0.05, 0.1) is 7.11 Å². The van der Waals surface area contributed by atoms with E-state index in [4.69, 9.17) is 10.5 Å². The van der Waals surface area contributed by atoms with Gasteiger partial charge in [-0.2, -0.15) is 4.98 Å². The summed E-state index contributed by atoms with van der Waals surface area (Å²) in [6, 6.07) is 0.298. The summed E-state index contributed by atoms with van der Waals surface area (Å²) in [4.78, 5) is 7.99. The van der Waals surface area contributed by atoms with Crippen molar-refractivity contribution in [2.24, 2.45) is 5.92 Å². The van der Waals surface area contributed by atoms with Gasteiger partial charge in [-0.1, -0.05) is 13.8 Å². The van der Waals surface area contributed by atoms with E-state index in [0.717, 1.165) is 0 Å².